The van der Waals surface area contributed by atoms with Crippen molar-refractivity contribution < 1.29 is 4.79 Å². The van der Waals surface area contributed by atoms with Gasteiger partial charge in [-0.1, -0.05) is 6.92 Å². The highest BCUT2D eigenvalue weighted by atomic mass is 16.2. The van der Waals surface area contributed by atoms with Crippen molar-refractivity contribution in [3.8, 4) is 0 Å². The van der Waals surface area contributed by atoms with E-state index < -0.39 is 0 Å². The van der Waals surface area contributed by atoms with E-state index in [1.165, 1.54) is 6.42 Å². The Hall–Kier alpha value is -0.530. The lowest BCUT2D eigenvalue weighted by Gasteiger charge is -2.44. The summed E-state index contributed by atoms with van der Waals surface area (Å²) in [6, 6.07) is 0.473. The van der Waals surface area contributed by atoms with Crippen LogP contribution in [0.1, 0.15) is 53.4 Å². The van der Waals surface area contributed by atoms with Gasteiger partial charge in [0.25, 0.3) is 0 Å². The van der Waals surface area contributed by atoms with Crippen LogP contribution in [-0.2, 0) is 4.79 Å². The third kappa shape index (κ3) is 2.23. The summed E-state index contributed by atoms with van der Waals surface area (Å²) in [4.78, 5) is 13.8. The summed E-state index contributed by atoms with van der Waals surface area (Å²) >= 11 is 0. The minimum atomic E-state index is -0.00181. The van der Waals surface area contributed by atoms with Crippen LogP contribution < -0.4 is 0 Å². The number of hydrogen-bond acceptors (Lipinski definition) is 1. The number of nitrogens with zero attached hydrogens (tertiary/aromatic N) is 1. The number of hydrogen-bond donors (Lipinski definition) is 0. The molecule has 0 spiro atoms. The standard InChI is InChI=1S/C11H21NO/c1-5-9-7-6-8-10(13)12(9)11(2,3)4/h9H,5-8H2,1-4H3. The van der Waals surface area contributed by atoms with Crippen molar-refractivity contribution >= 4 is 5.91 Å². The Kier molecular flexibility index (Phi) is 2.99. The molecule has 13 heavy (non-hydrogen) atoms. The second-order valence-corrected chi connectivity index (χ2v) is 4.89. The maximum absolute atomic E-state index is 11.7. The molecule has 0 aromatic rings. The molecule has 1 amide bonds. The molecule has 2 heteroatoms. The fourth-order valence-electron chi connectivity index (χ4n) is 2.25. The van der Waals surface area contributed by atoms with E-state index in [4.69, 9.17) is 0 Å². The second kappa shape index (κ2) is 3.69. The Bertz CT molecular complexity index is 193. The van der Waals surface area contributed by atoms with Gasteiger partial charge in [0, 0.05) is 18.0 Å². The SMILES string of the molecule is CCC1CCCC(=O)N1C(C)(C)C. The molecule has 1 atom stereocenters. The maximum Gasteiger partial charge on any atom is 0.223 e. The molecule has 0 aromatic carbocycles. The Morgan fingerprint density at radius 3 is 2.46 bits per heavy atom. The molecular weight excluding hydrogens is 162 g/mol. The molecule has 1 saturated heterocycles. The highest BCUT2D eigenvalue weighted by Crippen LogP contribution is 2.27. The van der Waals surface area contributed by atoms with Gasteiger partial charge in [-0.3, -0.25) is 4.79 Å². The van der Waals surface area contributed by atoms with Crippen molar-refractivity contribution in [3.05, 3.63) is 0 Å². The van der Waals surface area contributed by atoms with Gasteiger partial charge >= 0.3 is 0 Å². The molecule has 1 unspecified atom stereocenters. The van der Waals surface area contributed by atoms with Gasteiger partial charge in [-0.25, -0.2) is 0 Å². The van der Waals surface area contributed by atoms with E-state index in [0.29, 0.717) is 11.9 Å². The Morgan fingerprint density at radius 1 is 1.46 bits per heavy atom. The molecule has 0 radical (unpaired) electrons. The average molecular weight is 183 g/mol. The second-order valence-electron chi connectivity index (χ2n) is 4.89. The average Bonchev–Trinajstić information content (AvgIpc) is 2.01. The molecule has 0 N–H and O–H groups in total. The highest BCUT2D eigenvalue weighted by molar-refractivity contribution is 5.78. The first-order chi connectivity index (χ1) is 5.96. The fraction of sp³-hybridized carbons (Fsp3) is 0.909. The Balaban J connectivity index is 2.80. The maximum atomic E-state index is 11.7. The molecular formula is C11H21NO. The molecule has 1 aliphatic rings. The zero-order valence-electron chi connectivity index (χ0n) is 9.26. The summed E-state index contributed by atoms with van der Waals surface area (Å²) in [5.74, 6) is 0.339. The zero-order chi connectivity index (χ0) is 10.1. The largest absolute Gasteiger partial charge is 0.335 e. The minimum Gasteiger partial charge on any atom is -0.335 e. The summed E-state index contributed by atoms with van der Waals surface area (Å²) in [6.07, 6.45) is 4.08. The van der Waals surface area contributed by atoms with Gasteiger partial charge in [0.05, 0.1) is 0 Å². The summed E-state index contributed by atoms with van der Waals surface area (Å²) in [7, 11) is 0. The van der Waals surface area contributed by atoms with Crippen LogP contribution in [0.5, 0.6) is 0 Å². The topological polar surface area (TPSA) is 20.3 Å². The van der Waals surface area contributed by atoms with Crippen LogP contribution in [0.25, 0.3) is 0 Å². The minimum absolute atomic E-state index is 0.00181. The zero-order valence-corrected chi connectivity index (χ0v) is 9.26. The van der Waals surface area contributed by atoms with Gasteiger partial charge in [-0.2, -0.15) is 0 Å². The van der Waals surface area contributed by atoms with Crippen LogP contribution in [0.4, 0.5) is 0 Å². The lowest BCUT2D eigenvalue weighted by Crippen LogP contribution is -2.53. The number of piperidine rings is 1. The van der Waals surface area contributed by atoms with E-state index in [0.717, 1.165) is 19.3 Å². The van der Waals surface area contributed by atoms with Crippen LogP contribution in [0.3, 0.4) is 0 Å². The first-order valence-corrected chi connectivity index (χ1v) is 5.29. The normalized spacial score (nSPS) is 25.1. The van der Waals surface area contributed by atoms with E-state index >= 15 is 0 Å². The smallest absolute Gasteiger partial charge is 0.223 e. The molecule has 1 fully saturated rings. The molecule has 2 nitrogen and oxygen atoms in total. The quantitative estimate of drug-likeness (QED) is 0.612. The molecule has 0 aliphatic carbocycles. The van der Waals surface area contributed by atoms with Crippen molar-refractivity contribution in [2.45, 2.75) is 65.0 Å². The summed E-state index contributed by atoms with van der Waals surface area (Å²) in [5, 5.41) is 0. The molecule has 1 aliphatic heterocycles. The summed E-state index contributed by atoms with van der Waals surface area (Å²) < 4.78 is 0. The van der Waals surface area contributed by atoms with Crippen LogP contribution in [0.2, 0.25) is 0 Å². The van der Waals surface area contributed by atoms with Crippen LogP contribution >= 0.6 is 0 Å². The van der Waals surface area contributed by atoms with Crippen molar-refractivity contribution in [1.82, 2.24) is 4.90 Å². The third-order valence-corrected chi connectivity index (χ3v) is 2.76. The first kappa shape index (κ1) is 10.6. The number of carbonyl (C=O) groups is 1. The first-order valence-electron chi connectivity index (χ1n) is 5.29. The molecule has 76 valence electrons. The molecule has 0 bridgehead atoms. The van der Waals surface area contributed by atoms with Gasteiger partial charge in [0.2, 0.25) is 5.91 Å². The monoisotopic (exact) mass is 183 g/mol. The highest BCUT2D eigenvalue weighted by Gasteiger charge is 2.34. The predicted octanol–water partition coefficient (Wildman–Crippen LogP) is 2.58. The van der Waals surface area contributed by atoms with Gasteiger partial charge in [0.15, 0.2) is 0 Å². The number of carbonyl (C=O) groups excluding carboxylic acids is 1. The van der Waals surface area contributed by atoms with Crippen molar-refractivity contribution in [2.24, 2.45) is 0 Å². The Morgan fingerprint density at radius 2 is 2.08 bits per heavy atom. The lowest BCUT2D eigenvalue weighted by molar-refractivity contribution is -0.142. The Labute approximate surface area is 81.3 Å². The lowest BCUT2D eigenvalue weighted by atomic mass is 9.93. The van der Waals surface area contributed by atoms with Gasteiger partial charge in [-0.05, 0) is 40.0 Å². The van der Waals surface area contributed by atoms with E-state index in [1.54, 1.807) is 0 Å². The number of amides is 1. The predicted molar refractivity (Wildman–Crippen MR) is 54.5 cm³/mol. The fourth-order valence-corrected chi connectivity index (χ4v) is 2.25. The molecule has 1 rings (SSSR count). The summed E-state index contributed by atoms with van der Waals surface area (Å²) in [5.41, 5.74) is -0.00181. The van der Waals surface area contributed by atoms with Crippen LogP contribution in [0.15, 0.2) is 0 Å². The molecule has 0 aromatic heterocycles. The van der Waals surface area contributed by atoms with Crippen molar-refractivity contribution in [3.63, 3.8) is 0 Å². The molecule has 1 heterocycles. The number of rotatable bonds is 1. The molecule has 0 saturated carbocycles. The van der Waals surface area contributed by atoms with Crippen molar-refractivity contribution in [2.75, 3.05) is 0 Å². The number of likely N-dealkylation sites (tertiary alicyclic amines) is 1. The van der Waals surface area contributed by atoms with E-state index in [1.807, 2.05) is 0 Å². The summed E-state index contributed by atoms with van der Waals surface area (Å²) in [6.45, 7) is 8.54. The van der Waals surface area contributed by atoms with Gasteiger partial charge in [0.1, 0.15) is 0 Å². The van der Waals surface area contributed by atoms with E-state index in [9.17, 15) is 4.79 Å². The third-order valence-electron chi connectivity index (χ3n) is 2.76. The van der Waals surface area contributed by atoms with Crippen LogP contribution in [0, 0.1) is 0 Å². The van der Waals surface area contributed by atoms with Crippen molar-refractivity contribution in [1.29, 1.82) is 0 Å². The van der Waals surface area contributed by atoms with E-state index in [-0.39, 0.29) is 5.54 Å². The van der Waals surface area contributed by atoms with Gasteiger partial charge in [-0.15, -0.1) is 0 Å². The van der Waals surface area contributed by atoms with Gasteiger partial charge < -0.3 is 4.90 Å². The van der Waals surface area contributed by atoms with E-state index in [2.05, 4.69) is 32.6 Å². The van der Waals surface area contributed by atoms with Crippen LogP contribution in [-0.4, -0.2) is 22.4 Å².